The summed E-state index contributed by atoms with van der Waals surface area (Å²) in [5.74, 6) is 1.30. The lowest BCUT2D eigenvalue weighted by atomic mass is 10.1. The van der Waals surface area contributed by atoms with E-state index in [0.29, 0.717) is 11.6 Å². The molecule has 0 fully saturated rings. The van der Waals surface area contributed by atoms with Gasteiger partial charge < -0.3 is 10.1 Å². The highest BCUT2D eigenvalue weighted by atomic mass is 16.5. The van der Waals surface area contributed by atoms with Crippen molar-refractivity contribution in [1.82, 2.24) is 15.0 Å². The molecule has 3 rings (SSSR count). The van der Waals surface area contributed by atoms with E-state index in [9.17, 15) is 0 Å². The maximum Gasteiger partial charge on any atom is 0.187 e. The second-order valence-corrected chi connectivity index (χ2v) is 4.27. The molecule has 0 unspecified atom stereocenters. The Morgan fingerprint density at radius 2 is 2.00 bits per heavy atom. The molecule has 5 nitrogen and oxygen atoms in total. The number of hydrogen-bond donors (Lipinski definition) is 1. The topological polar surface area (TPSA) is 59.9 Å². The van der Waals surface area contributed by atoms with Gasteiger partial charge in [0.2, 0.25) is 0 Å². The maximum absolute atomic E-state index is 5.43. The van der Waals surface area contributed by atoms with Gasteiger partial charge in [-0.3, -0.25) is 4.98 Å². The normalized spacial score (nSPS) is 10.5. The first kappa shape index (κ1) is 12.3. The molecule has 0 saturated carbocycles. The third kappa shape index (κ3) is 2.03. The van der Waals surface area contributed by atoms with Crippen molar-refractivity contribution in [3.8, 4) is 17.0 Å². The largest absolute Gasteiger partial charge is 0.491 e. The van der Waals surface area contributed by atoms with Crippen LogP contribution in [0.25, 0.3) is 22.2 Å². The molecule has 20 heavy (non-hydrogen) atoms. The van der Waals surface area contributed by atoms with Crippen LogP contribution in [0.15, 0.2) is 42.9 Å². The molecule has 0 spiro atoms. The zero-order chi connectivity index (χ0) is 13.9. The molecule has 3 aromatic rings. The molecule has 0 bridgehead atoms. The van der Waals surface area contributed by atoms with Gasteiger partial charge in [-0.05, 0) is 12.1 Å². The molecular weight excluding hydrogens is 252 g/mol. The van der Waals surface area contributed by atoms with Crippen LogP contribution in [-0.4, -0.2) is 29.1 Å². The monoisotopic (exact) mass is 266 g/mol. The highest BCUT2D eigenvalue weighted by molar-refractivity contribution is 5.85. The fourth-order valence-corrected chi connectivity index (χ4v) is 2.16. The van der Waals surface area contributed by atoms with Crippen molar-refractivity contribution >= 4 is 16.7 Å². The Labute approximate surface area is 116 Å². The van der Waals surface area contributed by atoms with Gasteiger partial charge in [0.15, 0.2) is 11.6 Å². The number of ether oxygens (including phenoxy) is 1. The van der Waals surface area contributed by atoms with Crippen molar-refractivity contribution in [2.45, 2.75) is 0 Å². The molecule has 0 aliphatic carbocycles. The van der Waals surface area contributed by atoms with E-state index in [-0.39, 0.29) is 0 Å². The van der Waals surface area contributed by atoms with Crippen LogP contribution in [0.3, 0.4) is 0 Å². The summed E-state index contributed by atoms with van der Waals surface area (Å²) in [6, 6.07) is 9.99. The molecular formula is C15H14N4O. The van der Waals surface area contributed by atoms with Crippen molar-refractivity contribution in [3.05, 3.63) is 42.9 Å². The number of nitrogens with one attached hydrogen (secondary N) is 1. The predicted molar refractivity (Wildman–Crippen MR) is 78.9 cm³/mol. The lowest BCUT2D eigenvalue weighted by Crippen LogP contribution is -2.00. The molecule has 0 saturated heterocycles. The lowest BCUT2D eigenvalue weighted by Gasteiger charge is -2.11. The van der Waals surface area contributed by atoms with Crippen LogP contribution in [0.2, 0.25) is 0 Å². The summed E-state index contributed by atoms with van der Waals surface area (Å²) in [5, 5.41) is 4.10. The van der Waals surface area contributed by atoms with Gasteiger partial charge in [0, 0.05) is 24.2 Å². The van der Waals surface area contributed by atoms with E-state index in [1.807, 2.05) is 30.3 Å². The number of rotatable bonds is 3. The van der Waals surface area contributed by atoms with Gasteiger partial charge in [0.25, 0.3) is 0 Å². The maximum atomic E-state index is 5.43. The zero-order valence-corrected chi connectivity index (χ0v) is 11.3. The molecule has 0 aliphatic heterocycles. The van der Waals surface area contributed by atoms with Crippen LogP contribution in [0.1, 0.15) is 0 Å². The van der Waals surface area contributed by atoms with Gasteiger partial charge in [0.1, 0.15) is 12.0 Å². The van der Waals surface area contributed by atoms with Gasteiger partial charge in [0.05, 0.1) is 12.6 Å². The molecule has 100 valence electrons. The molecule has 1 N–H and O–H groups in total. The lowest BCUT2D eigenvalue weighted by molar-refractivity contribution is 0.415. The van der Waals surface area contributed by atoms with Crippen molar-refractivity contribution in [2.24, 2.45) is 0 Å². The first-order valence-electron chi connectivity index (χ1n) is 6.25. The SMILES string of the molecule is CNc1ncnc(-c2ccc3cccnc3c2)c1OC. The number of methoxy groups -OCH3 is 1. The summed E-state index contributed by atoms with van der Waals surface area (Å²) < 4.78 is 5.43. The third-order valence-electron chi connectivity index (χ3n) is 3.12. The van der Waals surface area contributed by atoms with Crippen molar-refractivity contribution < 1.29 is 4.74 Å². The Balaban J connectivity index is 2.20. The molecule has 2 heterocycles. The van der Waals surface area contributed by atoms with E-state index < -0.39 is 0 Å². The second-order valence-electron chi connectivity index (χ2n) is 4.27. The first-order chi connectivity index (χ1) is 9.83. The summed E-state index contributed by atoms with van der Waals surface area (Å²) in [4.78, 5) is 12.9. The van der Waals surface area contributed by atoms with Crippen LogP contribution in [0.4, 0.5) is 5.82 Å². The van der Waals surface area contributed by atoms with E-state index in [1.165, 1.54) is 6.33 Å². The Bertz CT molecular complexity index is 758. The molecule has 0 aliphatic rings. The quantitative estimate of drug-likeness (QED) is 0.789. The van der Waals surface area contributed by atoms with Gasteiger partial charge in [-0.25, -0.2) is 9.97 Å². The van der Waals surface area contributed by atoms with Gasteiger partial charge in [-0.15, -0.1) is 0 Å². The van der Waals surface area contributed by atoms with Gasteiger partial charge >= 0.3 is 0 Å². The van der Waals surface area contributed by atoms with Crippen LogP contribution in [0, 0.1) is 0 Å². The number of aromatic nitrogens is 3. The predicted octanol–water partition coefficient (Wildman–Crippen LogP) is 2.74. The summed E-state index contributed by atoms with van der Waals surface area (Å²) in [5.41, 5.74) is 2.63. The minimum absolute atomic E-state index is 0.630. The highest BCUT2D eigenvalue weighted by Crippen LogP contribution is 2.33. The Kier molecular flexibility index (Phi) is 3.16. The van der Waals surface area contributed by atoms with Gasteiger partial charge in [-0.2, -0.15) is 0 Å². The van der Waals surface area contributed by atoms with Gasteiger partial charge in [-0.1, -0.05) is 18.2 Å². The molecule has 0 atom stereocenters. The zero-order valence-electron chi connectivity index (χ0n) is 11.3. The summed E-state index contributed by atoms with van der Waals surface area (Å²) in [7, 11) is 3.42. The number of anilines is 1. The molecule has 5 heteroatoms. The fraction of sp³-hybridized carbons (Fsp3) is 0.133. The van der Waals surface area contributed by atoms with E-state index in [1.54, 1.807) is 20.4 Å². The van der Waals surface area contributed by atoms with Crippen LogP contribution >= 0.6 is 0 Å². The Hall–Kier alpha value is -2.69. The second kappa shape index (κ2) is 5.13. The minimum atomic E-state index is 0.630. The van der Waals surface area contributed by atoms with Crippen molar-refractivity contribution in [2.75, 3.05) is 19.5 Å². The van der Waals surface area contributed by atoms with Crippen LogP contribution < -0.4 is 10.1 Å². The minimum Gasteiger partial charge on any atom is -0.491 e. The highest BCUT2D eigenvalue weighted by Gasteiger charge is 2.13. The Morgan fingerprint density at radius 1 is 1.10 bits per heavy atom. The van der Waals surface area contributed by atoms with E-state index in [4.69, 9.17) is 4.74 Å². The molecule has 0 amide bonds. The average molecular weight is 266 g/mol. The molecule has 0 radical (unpaired) electrons. The first-order valence-corrected chi connectivity index (χ1v) is 6.25. The summed E-state index contributed by atoms with van der Waals surface area (Å²) in [6.07, 6.45) is 3.30. The van der Waals surface area contributed by atoms with E-state index >= 15 is 0 Å². The number of nitrogens with zero attached hydrogens (tertiary/aromatic N) is 3. The fourth-order valence-electron chi connectivity index (χ4n) is 2.16. The van der Waals surface area contributed by atoms with Crippen LogP contribution in [0.5, 0.6) is 5.75 Å². The average Bonchev–Trinajstić information content (AvgIpc) is 2.53. The number of pyridine rings is 1. The van der Waals surface area contributed by atoms with E-state index in [2.05, 4.69) is 20.3 Å². The summed E-state index contributed by atoms with van der Waals surface area (Å²) >= 11 is 0. The van der Waals surface area contributed by atoms with Crippen molar-refractivity contribution in [1.29, 1.82) is 0 Å². The number of benzene rings is 1. The number of hydrogen-bond acceptors (Lipinski definition) is 5. The summed E-state index contributed by atoms with van der Waals surface area (Å²) in [6.45, 7) is 0. The molecule has 2 aromatic heterocycles. The Morgan fingerprint density at radius 3 is 2.80 bits per heavy atom. The van der Waals surface area contributed by atoms with E-state index in [0.717, 1.165) is 22.2 Å². The smallest absolute Gasteiger partial charge is 0.187 e. The molecule has 1 aromatic carbocycles. The third-order valence-corrected chi connectivity index (χ3v) is 3.12. The standard InChI is InChI=1S/C15H14N4O/c1-16-15-14(20-2)13(18-9-19-15)11-6-5-10-4-3-7-17-12(10)8-11/h3-9H,1-2H3,(H,16,18,19). The number of fused-ring (bicyclic) bond motifs is 1. The van der Waals surface area contributed by atoms with Crippen molar-refractivity contribution in [3.63, 3.8) is 0 Å². The van der Waals surface area contributed by atoms with Crippen LogP contribution in [-0.2, 0) is 0 Å².